The van der Waals surface area contributed by atoms with E-state index >= 15 is 0 Å². The van der Waals surface area contributed by atoms with Crippen LogP contribution in [0.3, 0.4) is 0 Å². The number of hydrogen-bond acceptors (Lipinski definition) is 6. The summed E-state index contributed by atoms with van der Waals surface area (Å²) >= 11 is 0. The lowest BCUT2D eigenvalue weighted by atomic mass is 9.98. The lowest BCUT2D eigenvalue weighted by Gasteiger charge is -2.23. The maximum atomic E-state index is 12.2. The van der Waals surface area contributed by atoms with E-state index in [2.05, 4.69) is 16.0 Å². The van der Waals surface area contributed by atoms with Gasteiger partial charge in [-0.2, -0.15) is 0 Å². The molecule has 3 unspecified atom stereocenters. The fraction of sp³-hybridized carbons (Fsp3) is 0.667. The van der Waals surface area contributed by atoms with Crippen LogP contribution in [0.4, 0.5) is 0 Å². The summed E-state index contributed by atoms with van der Waals surface area (Å²) in [5.41, 5.74) is 10.2. The third kappa shape index (κ3) is 8.97. The van der Waals surface area contributed by atoms with Crippen LogP contribution in [-0.2, 0) is 24.0 Å². The number of nitrogens with two attached hydrogens (primary N) is 2. The lowest BCUT2D eigenvalue weighted by Crippen LogP contribution is -2.53. The molecule has 148 valence electrons. The zero-order valence-electron chi connectivity index (χ0n) is 14.9. The quantitative estimate of drug-likeness (QED) is 0.216. The summed E-state index contributed by atoms with van der Waals surface area (Å²) in [4.78, 5) is 57.3. The molecule has 0 saturated carbocycles. The monoisotopic (exact) mass is 373 g/mol. The zero-order valence-corrected chi connectivity index (χ0v) is 14.9. The highest BCUT2D eigenvalue weighted by Crippen LogP contribution is 2.07. The van der Waals surface area contributed by atoms with Crippen molar-refractivity contribution in [2.45, 2.75) is 45.2 Å². The number of carbonyl (C=O) groups is 5. The minimum Gasteiger partial charge on any atom is -0.480 e. The van der Waals surface area contributed by atoms with Crippen LogP contribution in [0.25, 0.3) is 0 Å². The highest BCUT2D eigenvalue weighted by atomic mass is 16.4. The van der Waals surface area contributed by atoms with Gasteiger partial charge in [0.2, 0.25) is 23.6 Å². The Kier molecular flexibility index (Phi) is 10.6. The van der Waals surface area contributed by atoms with E-state index in [1.807, 2.05) is 6.92 Å². The fourth-order valence-electron chi connectivity index (χ4n) is 2.00. The van der Waals surface area contributed by atoms with Gasteiger partial charge in [0, 0.05) is 6.42 Å². The number of amides is 4. The predicted octanol–water partition coefficient (Wildman–Crippen LogP) is -2.57. The molecule has 0 saturated heterocycles. The number of aliphatic carboxylic acids is 1. The van der Waals surface area contributed by atoms with Gasteiger partial charge in [-0.25, -0.2) is 4.79 Å². The van der Waals surface area contributed by atoms with Gasteiger partial charge in [0.1, 0.15) is 12.1 Å². The summed E-state index contributed by atoms with van der Waals surface area (Å²) in [6.45, 7) is 2.83. The number of primary amides is 1. The smallest absolute Gasteiger partial charge is 0.326 e. The largest absolute Gasteiger partial charge is 0.480 e. The van der Waals surface area contributed by atoms with Crippen LogP contribution in [0, 0.1) is 5.92 Å². The van der Waals surface area contributed by atoms with Crippen molar-refractivity contribution < 1.29 is 29.1 Å². The number of carboxylic acid groups (broad SMARTS) is 1. The van der Waals surface area contributed by atoms with Crippen molar-refractivity contribution in [3.8, 4) is 0 Å². The van der Waals surface area contributed by atoms with Gasteiger partial charge >= 0.3 is 5.97 Å². The molecule has 3 atom stereocenters. The number of hydrogen-bond donors (Lipinski definition) is 6. The van der Waals surface area contributed by atoms with Crippen LogP contribution >= 0.6 is 0 Å². The maximum absolute atomic E-state index is 12.2. The molecule has 26 heavy (non-hydrogen) atoms. The van der Waals surface area contributed by atoms with Crippen molar-refractivity contribution in [3.05, 3.63) is 0 Å². The average Bonchev–Trinajstić information content (AvgIpc) is 2.59. The molecule has 0 rings (SSSR count). The predicted molar refractivity (Wildman–Crippen MR) is 91.4 cm³/mol. The SMILES string of the molecule is CCC(C)C(NC(=O)CN)C(=O)NCC(=O)NC(CCC(N)=O)C(=O)O. The normalized spacial score (nSPS) is 13.8. The number of carbonyl (C=O) groups excluding carboxylic acids is 4. The molecule has 4 amide bonds. The van der Waals surface area contributed by atoms with Crippen LogP contribution in [0.2, 0.25) is 0 Å². The van der Waals surface area contributed by atoms with Crippen molar-refractivity contribution in [1.82, 2.24) is 16.0 Å². The summed E-state index contributed by atoms with van der Waals surface area (Å²) in [6, 6.07) is -2.16. The van der Waals surface area contributed by atoms with Gasteiger partial charge in [0.15, 0.2) is 0 Å². The van der Waals surface area contributed by atoms with E-state index in [9.17, 15) is 24.0 Å². The van der Waals surface area contributed by atoms with Crippen molar-refractivity contribution >= 4 is 29.6 Å². The third-order valence-electron chi connectivity index (χ3n) is 3.73. The van der Waals surface area contributed by atoms with Crippen LogP contribution in [0.5, 0.6) is 0 Å². The summed E-state index contributed by atoms with van der Waals surface area (Å²) in [5, 5.41) is 16.0. The lowest BCUT2D eigenvalue weighted by molar-refractivity contribution is -0.142. The molecule has 0 radical (unpaired) electrons. The van der Waals surface area contributed by atoms with E-state index in [1.54, 1.807) is 6.92 Å². The molecule has 0 aliphatic rings. The summed E-state index contributed by atoms with van der Waals surface area (Å²) in [7, 11) is 0. The highest BCUT2D eigenvalue weighted by Gasteiger charge is 2.26. The Labute approximate surface area is 151 Å². The number of rotatable bonds is 12. The standard InChI is InChI=1S/C15H27N5O6/c1-3-8(2)13(20-11(22)6-16)14(24)18-7-12(23)19-9(15(25)26)4-5-10(17)21/h8-9,13H,3-7,16H2,1-2H3,(H2,17,21)(H,18,24)(H,19,23)(H,20,22)(H,25,26). The molecule has 0 aliphatic carbocycles. The Bertz CT molecular complexity index is 539. The Balaban J connectivity index is 4.68. The Morgan fingerprint density at radius 2 is 1.69 bits per heavy atom. The Morgan fingerprint density at radius 3 is 2.15 bits per heavy atom. The van der Waals surface area contributed by atoms with E-state index in [1.165, 1.54) is 0 Å². The van der Waals surface area contributed by atoms with Crippen LogP contribution < -0.4 is 27.4 Å². The van der Waals surface area contributed by atoms with Crippen molar-refractivity contribution in [1.29, 1.82) is 0 Å². The molecular formula is C15H27N5O6. The van der Waals surface area contributed by atoms with Crippen molar-refractivity contribution in [3.63, 3.8) is 0 Å². The molecule has 0 bridgehead atoms. The van der Waals surface area contributed by atoms with E-state index in [0.717, 1.165) is 0 Å². The van der Waals surface area contributed by atoms with E-state index < -0.39 is 48.2 Å². The molecule has 0 aliphatic heterocycles. The van der Waals surface area contributed by atoms with Crippen LogP contribution in [0.1, 0.15) is 33.1 Å². The first-order valence-electron chi connectivity index (χ1n) is 8.19. The molecule has 0 aromatic carbocycles. The minimum atomic E-state index is -1.32. The summed E-state index contributed by atoms with van der Waals surface area (Å²) < 4.78 is 0. The van der Waals surface area contributed by atoms with Gasteiger partial charge < -0.3 is 32.5 Å². The minimum absolute atomic E-state index is 0.160. The van der Waals surface area contributed by atoms with Gasteiger partial charge in [0.25, 0.3) is 0 Å². The van der Waals surface area contributed by atoms with Gasteiger partial charge in [-0.05, 0) is 12.3 Å². The van der Waals surface area contributed by atoms with E-state index in [4.69, 9.17) is 16.6 Å². The summed E-state index contributed by atoms with van der Waals surface area (Å²) in [5.74, 6) is -4.05. The third-order valence-corrected chi connectivity index (χ3v) is 3.73. The first kappa shape index (κ1) is 23.3. The second-order valence-electron chi connectivity index (χ2n) is 5.82. The van der Waals surface area contributed by atoms with Gasteiger partial charge in [-0.15, -0.1) is 0 Å². The van der Waals surface area contributed by atoms with E-state index in [-0.39, 0.29) is 25.3 Å². The average molecular weight is 373 g/mol. The van der Waals surface area contributed by atoms with Gasteiger partial charge in [-0.3, -0.25) is 19.2 Å². The molecule has 11 heteroatoms. The second-order valence-corrected chi connectivity index (χ2v) is 5.82. The van der Waals surface area contributed by atoms with Gasteiger partial charge in [-0.1, -0.05) is 20.3 Å². The molecule has 0 heterocycles. The topological polar surface area (TPSA) is 194 Å². The zero-order chi connectivity index (χ0) is 20.3. The summed E-state index contributed by atoms with van der Waals surface area (Å²) in [6.07, 6.45) is 0.237. The van der Waals surface area contributed by atoms with Gasteiger partial charge in [0.05, 0.1) is 13.1 Å². The molecule has 0 aromatic rings. The molecule has 0 fully saturated rings. The number of carboxylic acids is 1. The van der Waals surface area contributed by atoms with Crippen LogP contribution in [0.15, 0.2) is 0 Å². The highest BCUT2D eigenvalue weighted by molar-refractivity contribution is 5.92. The van der Waals surface area contributed by atoms with Crippen molar-refractivity contribution in [2.24, 2.45) is 17.4 Å². The van der Waals surface area contributed by atoms with Crippen LogP contribution in [-0.4, -0.2) is 59.9 Å². The van der Waals surface area contributed by atoms with Crippen molar-refractivity contribution in [2.75, 3.05) is 13.1 Å². The Hall–Kier alpha value is -2.69. The first-order chi connectivity index (χ1) is 12.1. The number of nitrogens with one attached hydrogen (secondary N) is 3. The molecule has 0 spiro atoms. The van der Waals surface area contributed by atoms with E-state index in [0.29, 0.717) is 6.42 Å². The second kappa shape index (κ2) is 11.8. The fourth-order valence-corrected chi connectivity index (χ4v) is 2.00. The molecular weight excluding hydrogens is 346 g/mol. The maximum Gasteiger partial charge on any atom is 0.326 e. The molecule has 0 aromatic heterocycles. The molecule has 11 nitrogen and oxygen atoms in total. The Morgan fingerprint density at radius 1 is 1.08 bits per heavy atom. The first-order valence-corrected chi connectivity index (χ1v) is 8.19. The molecule has 8 N–H and O–H groups in total.